The lowest BCUT2D eigenvalue weighted by molar-refractivity contribution is -0.140. The second-order valence-electron chi connectivity index (χ2n) is 8.59. The Morgan fingerprint density at radius 3 is 2.50 bits per heavy atom. The number of hydrogen-bond acceptors (Lipinski definition) is 4. The van der Waals surface area contributed by atoms with Crippen molar-refractivity contribution in [2.45, 2.75) is 63.8 Å². The average molecular weight is 386 g/mol. The maximum absolute atomic E-state index is 13.0. The Morgan fingerprint density at radius 2 is 1.75 bits per heavy atom. The molecule has 28 heavy (non-hydrogen) atoms. The molecule has 3 saturated heterocycles. The van der Waals surface area contributed by atoms with Crippen LogP contribution in [0.2, 0.25) is 0 Å². The molecule has 1 amide bonds. The molecule has 0 unspecified atom stereocenters. The van der Waals surface area contributed by atoms with Gasteiger partial charge in [-0.3, -0.25) is 14.6 Å². The van der Waals surface area contributed by atoms with Crippen LogP contribution in [0.15, 0.2) is 30.3 Å². The molecule has 3 aliphatic heterocycles. The minimum Gasteiger partial charge on any atom is -0.375 e. The highest BCUT2D eigenvalue weighted by molar-refractivity contribution is 5.78. The number of nitrogens with zero attached hydrogens (tertiary/aromatic N) is 3. The molecule has 0 spiro atoms. The molecule has 3 aliphatic rings. The van der Waals surface area contributed by atoms with Crippen LogP contribution in [0.3, 0.4) is 0 Å². The van der Waals surface area contributed by atoms with Gasteiger partial charge in [0.1, 0.15) is 0 Å². The van der Waals surface area contributed by atoms with Crippen molar-refractivity contribution in [2.75, 3.05) is 39.3 Å². The van der Waals surface area contributed by atoms with E-state index in [4.69, 9.17) is 4.74 Å². The van der Waals surface area contributed by atoms with Crippen molar-refractivity contribution < 1.29 is 9.53 Å². The van der Waals surface area contributed by atoms with Crippen LogP contribution in [-0.4, -0.2) is 78.1 Å². The number of carbonyl (C=O) groups excluding carboxylic acids is 1. The zero-order chi connectivity index (χ0) is 19.3. The quantitative estimate of drug-likeness (QED) is 0.754. The van der Waals surface area contributed by atoms with Gasteiger partial charge in [-0.05, 0) is 50.8 Å². The number of morpholine rings is 1. The highest BCUT2D eigenvalue weighted by atomic mass is 16.5. The van der Waals surface area contributed by atoms with Gasteiger partial charge in [-0.1, -0.05) is 37.3 Å². The molecule has 3 atom stereocenters. The lowest BCUT2D eigenvalue weighted by atomic mass is 10.0. The molecule has 0 saturated carbocycles. The lowest BCUT2D eigenvalue weighted by Gasteiger charge is -2.37. The summed E-state index contributed by atoms with van der Waals surface area (Å²) in [5, 5.41) is 0. The van der Waals surface area contributed by atoms with Gasteiger partial charge in [0.25, 0.3) is 0 Å². The van der Waals surface area contributed by atoms with Crippen molar-refractivity contribution in [3.8, 4) is 0 Å². The first-order valence-corrected chi connectivity index (χ1v) is 11.2. The van der Waals surface area contributed by atoms with E-state index in [-0.39, 0.29) is 6.10 Å². The van der Waals surface area contributed by atoms with Crippen molar-refractivity contribution in [1.29, 1.82) is 0 Å². The van der Waals surface area contributed by atoms with Crippen molar-refractivity contribution in [1.82, 2.24) is 14.7 Å². The van der Waals surface area contributed by atoms with Crippen molar-refractivity contribution >= 4 is 5.91 Å². The largest absolute Gasteiger partial charge is 0.375 e. The molecule has 0 aliphatic carbocycles. The summed E-state index contributed by atoms with van der Waals surface area (Å²) in [5.74, 6) is 0.293. The van der Waals surface area contributed by atoms with Crippen LogP contribution in [0, 0.1) is 0 Å². The predicted octanol–water partition coefficient (Wildman–Crippen LogP) is 2.75. The summed E-state index contributed by atoms with van der Waals surface area (Å²) in [6.07, 6.45) is 6.17. The van der Waals surface area contributed by atoms with Crippen molar-refractivity contribution in [3.63, 3.8) is 0 Å². The molecule has 0 N–H and O–H groups in total. The van der Waals surface area contributed by atoms with Gasteiger partial charge in [-0.25, -0.2) is 0 Å². The number of amides is 1. The molecule has 3 fully saturated rings. The summed E-state index contributed by atoms with van der Waals surface area (Å²) in [5.41, 5.74) is 1.40. The van der Waals surface area contributed by atoms with Crippen LogP contribution < -0.4 is 0 Å². The molecule has 0 radical (unpaired) electrons. The van der Waals surface area contributed by atoms with Crippen molar-refractivity contribution in [2.24, 2.45) is 0 Å². The summed E-state index contributed by atoms with van der Waals surface area (Å²) >= 11 is 0. The first-order chi connectivity index (χ1) is 13.7. The number of likely N-dealkylation sites (tertiary alicyclic amines) is 2. The summed E-state index contributed by atoms with van der Waals surface area (Å²) < 4.78 is 5.74. The Balaban J connectivity index is 1.36. The molecular formula is C23H35N3O2. The Hall–Kier alpha value is -1.43. The van der Waals surface area contributed by atoms with E-state index in [2.05, 4.69) is 47.1 Å². The topological polar surface area (TPSA) is 36.0 Å². The maximum atomic E-state index is 13.0. The SMILES string of the molecule is CC[C@@H]1CN(C(=O)CN2CCC[C@H]2[C@H]2CCCN2Cc2ccccc2)CCO1. The molecule has 3 heterocycles. The van der Waals surface area contributed by atoms with Crippen LogP contribution in [0.5, 0.6) is 0 Å². The molecule has 4 rings (SSSR count). The van der Waals surface area contributed by atoms with Crippen LogP contribution >= 0.6 is 0 Å². The zero-order valence-electron chi connectivity index (χ0n) is 17.3. The van der Waals surface area contributed by atoms with Crippen molar-refractivity contribution in [3.05, 3.63) is 35.9 Å². The minimum atomic E-state index is 0.211. The van der Waals surface area contributed by atoms with Gasteiger partial charge in [-0.2, -0.15) is 0 Å². The van der Waals surface area contributed by atoms with Crippen LogP contribution in [0.25, 0.3) is 0 Å². The standard InChI is InChI=1S/C23H35N3O2/c1-2-20-17-26(14-15-28-20)23(27)18-25-13-7-11-22(25)21-10-6-12-24(21)16-19-8-4-3-5-9-19/h3-5,8-9,20-22H,2,6-7,10-18H2,1H3/t20-,21-,22+/m1/s1. The first kappa shape index (κ1) is 19.9. The average Bonchev–Trinajstić information content (AvgIpc) is 3.37. The fourth-order valence-corrected chi connectivity index (χ4v) is 5.25. The van der Waals surface area contributed by atoms with E-state index in [1.807, 2.05) is 4.90 Å². The molecule has 1 aromatic rings. The molecule has 5 heteroatoms. The Kier molecular flexibility index (Phi) is 6.65. The maximum Gasteiger partial charge on any atom is 0.236 e. The highest BCUT2D eigenvalue weighted by Crippen LogP contribution is 2.31. The summed E-state index contributed by atoms with van der Waals surface area (Å²) in [6, 6.07) is 11.9. The monoisotopic (exact) mass is 385 g/mol. The van der Waals surface area contributed by atoms with Gasteiger partial charge in [0.15, 0.2) is 0 Å². The number of ether oxygens (including phenoxy) is 1. The first-order valence-electron chi connectivity index (χ1n) is 11.2. The highest BCUT2D eigenvalue weighted by Gasteiger charge is 2.38. The zero-order valence-corrected chi connectivity index (χ0v) is 17.3. The third-order valence-corrected chi connectivity index (χ3v) is 6.79. The van der Waals surface area contributed by atoms with E-state index in [0.29, 0.717) is 31.1 Å². The summed E-state index contributed by atoms with van der Waals surface area (Å²) in [7, 11) is 0. The summed E-state index contributed by atoms with van der Waals surface area (Å²) in [6.45, 7) is 8.18. The normalized spacial score (nSPS) is 29.5. The second kappa shape index (κ2) is 9.38. The number of carbonyl (C=O) groups is 1. The molecule has 154 valence electrons. The van der Waals surface area contributed by atoms with Gasteiger partial charge in [0.2, 0.25) is 5.91 Å². The van der Waals surface area contributed by atoms with Crippen LogP contribution in [-0.2, 0) is 16.1 Å². The fourth-order valence-electron chi connectivity index (χ4n) is 5.25. The van der Waals surface area contributed by atoms with Crippen LogP contribution in [0.4, 0.5) is 0 Å². The number of hydrogen-bond donors (Lipinski definition) is 0. The third kappa shape index (κ3) is 4.58. The Morgan fingerprint density at radius 1 is 1.04 bits per heavy atom. The van der Waals surface area contributed by atoms with Crippen LogP contribution in [0.1, 0.15) is 44.6 Å². The van der Waals surface area contributed by atoms with E-state index in [1.165, 1.54) is 37.8 Å². The van der Waals surface area contributed by atoms with Gasteiger partial charge in [-0.15, -0.1) is 0 Å². The van der Waals surface area contributed by atoms with Gasteiger partial charge in [0.05, 0.1) is 19.3 Å². The third-order valence-electron chi connectivity index (χ3n) is 6.79. The fraction of sp³-hybridized carbons (Fsp3) is 0.696. The molecule has 1 aromatic carbocycles. The van der Waals surface area contributed by atoms with E-state index >= 15 is 0 Å². The second-order valence-corrected chi connectivity index (χ2v) is 8.59. The van der Waals surface area contributed by atoms with E-state index in [9.17, 15) is 4.79 Å². The lowest BCUT2D eigenvalue weighted by Crippen LogP contribution is -2.52. The van der Waals surface area contributed by atoms with Gasteiger partial charge < -0.3 is 9.64 Å². The molecule has 5 nitrogen and oxygen atoms in total. The van der Waals surface area contributed by atoms with Gasteiger partial charge >= 0.3 is 0 Å². The molecule has 0 bridgehead atoms. The number of benzene rings is 1. The van der Waals surface area contributed by atoms with E-state index in [0.717, 1.165) is 32.6 Å². The minimum absolute atomic E-state index is 0.211. The van der Waals surface area contributed by atoms with Gasteiger partial charge in [0, 0.05) is 31.7 Å². The number of rotatable bonds is 6. The predicted molar refractivity (Wildman–Crippen MR) is 111 cm³/mol. The Labute approximate surface area is 169 Å². The smallest absolute Gasteiger partial charge is 0.236 e. The Bertz CT molecular complexity index is 638. The summed E-state index contributed by atoms with van der Waals surface area (Å²) in [4.78, 5) is 20.1. The van der Waals surface area contributed by atoms with E-state index in [1.54, 1.807) is 0 Å². The van der Waals surface area contributed by atoms with E-state index < -0.39 is 0 Å². The molecular weight excluding hydrogens is 350 g/mol. The molecule has 0 aromatic heterocycles.